The summed E-state index contributed by atoms with van der Waals surface area (Å²) in [6.45, 7) is 7.92. The standard InChI is InChI=1S/C13H15FN2O2/c1-3-6-12-11(13(4-2)18-10-17)9-16(15-12)8-5-7-14/h3-5,7,9-10,13H,1-2,6,8H2. The van der Waals surface area contributed by atoms with Gasteiger partial charge in [0.25, 0.3) is 6.47 Å². The van der Waals surface area contributed by atoms with E-state index in [0.29, 0.717) is 25.8 Å². The summed E-state index contributed by atoms with van der Waals surface area (Å²) in [5.41, 5.74) is 1.45. The van der Waals surface area contributed by atoms with Gasteiger partial charge >= 0.3 is 0 Å². The molecule has 0 radical (unpaired) electrons. The number of allylic oxidation sites excluding steroid dienone is 2. The van der Waals surface area contributed by atoms with E-state index in [1.807, 2.05) is 0 Å². The first-order chi connectivity index (χ1) is 8.76. The lowest BCUT2D eigenvalue weighted by atomic mass is 10.1. The van der Waals surface area contributed by atoms with Crippen molar-refractivity contribution in [1.82, 2.24) is 9.78 Å². The Kier molecular flexibility index (Phi) is 5.57. The lowest BCUT2D eigenvalue weighted by Gasteiger charge is -2.09. The predicted molar refractivity (Wildman–Crippen MR) is 66.5 cm³/mol. The number of hydrogen-bond donors (Lipinski definition) is 0. The Morgan fingerprint density at radius 1 is 1.56 bits per heavy atom. The molecular formula is C13H15FN2O2. The van der Waals surface area contributed by atoms with Gasteiger partial charge in [0.15, 0.2) is 0 Å². The maximum absolute atomic E-state index is 12.0. The Morgan fingerprint density at radius 2 is 2.33 bits per heavy atom. The van der Waals surface area contributed by atoms with Crippen molar-refractivity contribution in [3.63, 3.8) is 0 Å². The zero-order chi connectivity index (χ0) is 13.4. The number of carbonyl (C=O) groups excluding carboxylic acids is 1. The molecule has 1 aromatic rings. The predicted octanol–water partition coefficient (Wildman–Crippen LogP) is 2.49. The fourth-order valence-corrected chi connectivity index (χ4v) is 1.57. The lowest BCUT2D eigenvalue weighted by molar-refractivity contribution is -0.131. The van der Waals surface area contributed by atoms with Crippen molar-refractivity contribution in [1.29, 1.82) is 0 Å². The molecule has 0 aliphatic rings. The summed E-state index contributed by atoms with van der Waals surface area (Å²) < 4.78 is 18.4. The van der Waals surface area contributed by atoms with Crippen molar-refractivity contribution >= 4 is 6.47 Å². The molecule has 4 nitrogen and oxygen atoms in total. The SMILES string of the molecule is C=CCc1nn(CC=CF)cc1C(C=C)OC=O. The molecule has 0 spiro atoms. The summed E-state index contributed by atoms with van der Waals surface area (Å²) in [6.07, 6.45) is 6.68. The topological polar surface area (TPSA) is 44.1 Å². The van der Waals surface area contributed by atoms with E-state index in [2.05, 4.69) is 18.3 Å². The molecule has 0 amide bonds. The van der Waals surface area contributed by atoms with Crippen LogP contribution in [0.1, 0.15) is 17.4 Å². The number of halogens is 1. The first-order valence-corrected chi connectivity index (χ1v) is 5.40. The molecule has 96 valence electrons. The van der Waals surface area contributed by atoms with Crippen LogP contribution >= 0.6 is 0 Å². The molecule has 5 heteroatoms. The summed E-state index contributed by atoms with van der Waals surface area (Å²) in [4.78, 5) is 10.4. The monoisotopic (exact) mass is 250 g/mol. The smallest absolute Gasteiger partial charge is 0.294 e. The van der Waals surface area contributed by atoms with Crippen LogP contribution in [0.15, 0.2) is 43.9 Å². The third kappa shape index (κ3) is 3.41. The second-order valence-electron chi connectivity index (χ2n) is 3.50. The van der Waals surface area contributed by atoms with E-state index < -0.39 is 6.10 Å². The van der Waals surface area contributed by atoms with E-state index in [4.69, 9.17) is 4.74 Å². The van der Waals surface area contributed by atoms with Crippen LogP contribution in [0.2, 0.25) is 0 Å². The minimum atomic E-state index is -0.555. The molecule has 0 fully saturated rings. The summed E-state index contributed by atoms with van der Waals surface area (Å²) in [6, 6.07) is 0. The van der Waals surface area contributed by atoms with Crippen LogP contribution in [0.3, 0.4) is 0 Å². The van der Waals surface area contributed by atoms with Gasteiger partial charge in [0.2, 0.25) is 0 Å². The zero-order valence-electron chi connectivity index (χ0n) is 9.96. The van der Waals surface area contributed by atoms with E-state index in [0.717, 1.165) is 11.3 Å². The number of rotatable bonds is 8. The molecule has 0 bridgehead atoms. The Labute approximate surface area is 105 Å². The minimum absolute atomic E-state index is 0.311. The second kappa shape index (κ2) is 7.21. The van der Waals surface area contributed by atoms with Crippen LogP contribution in [-0.2, 0) is 22.5 Å². The molecule has 0 aromatic carbocycles. The van der Waals surface area contributed by atoms with Gasteiger partial charge in [-0.25, -0.2) is 4.39 Å². The number of aromatic nitrogens is 2. The molecular weight excluding hydrogens is 235 g/mol. The molecule has 0 saturated carbocycles. The van der Waals surface area contributed by atoms with Gasteiger partial charge in [-0.2, -0.15) is 5.10 Å². The molecule has 0 aliphatic carbocycles. The molecule has 1 rings (SSSR count). The van der Waals surface area contributed by atoms with Crippen molar-refractivity contribution in [2.24, 2.45) is 0 Å². The molecule has 1 aromatic heterocycles. The van der Waals surface area contributed by atoms with Gasteiger partial charge in [0.05, 0.1) is 18.6 Å². The summed E-state index contributed by atoms with van der Waals surface area (Å²) in [5.74, 6) is 0. The van der Waals surface area contributed by atoms with Gasteiger partial charge in [-0.15, -0.1) is 6.58 Å². The normalized spacial score (nSPS) is 12.3. The van der Waals surface area contributed by atoms with Crippen LogP contribution in [0.25, 0.3) is 0 Å². The van der Waals surface area contributed by atoms with Crippen molar-refractivity contribution < 1.29 is 13.9 Å². The molecule has 1 atom stereocenters. The summed E-state index contributed by atoms with van der Waals surface area (Å²) >= 11 is 0. The molecule has 1 heterocycles. The average Bonchev–Trinajstić information content (AvgIpc) is 2.77. The van der Waals surface area contributed by atoms with Gasteiger partial charge in [-0.05, 0) is 12.2 Å². The van der Waals surface area contributed by atoms with E-state index in [1.54, 1.807) is 17.0 Å². The van der Waals surface area contributed by atoms with Crippen LogP contribution in [0, 0.1) is 0 Å². The Balaban J connectivity index is 3.04. The fourth-order valence-electron chi connectivity index (χ4n) is 1.57. The average molecular weight is 250 g/mol. The van der Waals surface area contributed by atoms with Gasteiger partial charge in [-0.1, -0.05) is 12.7 Å². The Hall–Kier alpha value is -2.17. The molecule has 0 saturated heterocycles. The maximum atomic E-state index is 12.0. The Morgan fingerprint density at radius 3 is 2.89 bits per heavy atom. The lowest BCUT2D eigenvalue weighted by Crippen LogP contribution is -2.01. The quantitative estimate of drug-likeness (QED) is 0.526. The highest BCUT2D eigenvalue weighted by molar-refractivity contribution is 5.40. The van der Waals surface area contributed by atoms with Crippen molar-refractivity contribution in [2.75, 3.05) is 0 Å². The van der Waals surface area contributed by atoms with Crippen molar-refractivity contribution in [2.45, 2.75) is 19.1 Å². The van der Waals surface area contributed by atoms with E-state index in [-0.39, 0.29) is 0 Å². The minimum Gasteiger partial charge on any atom is -0.455 e. The molecule has 1 unspecified atom stereocenters. The molecule has 18 heavy (non-hydrogen) atoms. The second-order valence-corrected chi connectivity index (χ2v) is 3.50. The van der Waals surface area contributed by atoms with E-state index in [1.165, 1.54) is 12.2 Å². The summed E-state index contributed by atoms with van der Waals surface area (Å²) in [5, 5.41) is 4.27. The van der Waals surface area contributed by atoms with E-state index in [9.17, 15) is 9.18 Å². The maximum Gasteiger partial charge on any atom is 0.294 e. The van der Waals surface area contributed by atoms with Gasteiger partial charge in [-0.3, -0.25) is 9.48 Å². The number of nitrogens with zero attached hydrogens (tertiary/aromatic N) is 2. The van der Waals surface area contributed by atoms with Gasteiger partial charge in [0, 0.05) is 18.2 Å². The zero-order valence-corrected chi connectivity index (χ0v) is 9.96. The molecule has 0 aliphatic heterocycles. The van der Waals surface area contributed by atoms with Crippen molar-refractivity contribution in [3.8, 4) is 0 Å². The highest BCUT2D eigenvalue weighted by Crippen LogP contribution is 2.22. The van der Waals surface area contributed by atoms with Crippen molar-refractivity contribution in [3.05, 3.63) is 55.2 Å². The largest absolute Gasteiger partial charge is 0.455 e. The third-order valence-electron chi connectivity index (χ3n) is 2.31. The van der Waals surface area contributed by atoms with E-state index >= 15 is 0 Å². The number of hydrogen-bond acceptors (Lipinski definition) is 3. The van der Waals surface area contributed by atoms with Gasteiger partial charge in [0.1, 0.15) is 6.10 Å². The van der Waals surface area contributed by atoms with Gasteiger partial charge < -0.3 is 4.74 Å². The molecule has 0 N–H and O–H groups in total. The highest BCUT2D eigenvalue weighted by Gasteiger charge is 2.16. The highest BCUT2D eigenvalue weighted by atomic mass is 19.1. The summed E-state index contributed by atoms with van der Waals surface area (Å²) in [7, 11) is 0. The number of ether oxygens (including phenoxy) is 1. The first kappa shape index (κ1) is 13.9. The number of carbonyl (C=O) groups is 1. The third-order valence-corrected chi connectivity index (χ3v) is 2.31. The fraction of sp³-hybridized carbons (Fsp3) is 0.231. The van der Waals surface area contributed by atoms with Crippen LogP contribution in [0.5, 0.6) is 0 Å². The van der Waals surface area contributed by atoms with Crippen LogP contribution in [0.4, 0.5) is 4.39 Å². The van der Waals surface area contributed by atoms with Crippen LogP contribution in [-0.4, -0.2) is 16.3 Å². The Bertz CT molecular complexity index is 452. The van der Waals surface area contributed by atoms with Crippen LogP contribution < -0.4 is 0 Å². The first-order valence-electron chi connectivity index (χ1n) is 5.40.